The number of benzene rings is 2. The molecule has 2 aromatic carbocycles. The van der Waals surface area contributed by atoms with Gasteiger partial charge in [-0.2, -0.15) is 0 Å². The molecule has 1 amide bonds. The first-order valence-corrected chi connectivity index (χ1v) is 7.20. The van der Waals surface area contributed by atoms with Crippen molar-refractivity contribution in [3.8, 4) is 0 Å². The number of nitrogens with two attached hydrogens (primary N) is 1. The topological polar surface area (TPSA) is 72.2 Å². The molecule has 0 aliphatic rings. The molecule has 0 aliphatic carbocycles. The van der Waals surface area contributed by atoms with E-state index < -0.39 is 12.1 Å². The van der Waals surface area contributed by atoms with Gasteiger partial charge in [-0.05, 0) is 17.5 Å². The van der Waals surface area contributed by atoms with Crippen LogP contribution in [0.15, 0.2) is 60.7 Å². The molecule has 0 heterocycles. The number of rotatable bonds is 7. The third kappa shape index (κ3) is 4.82. The van der Waals surface area contributed by atoms with E-state index >= 15 is 0 Å². The Morgan fingerprint density at radius 2 is 1.45 bits per heavy atom. The van der Waals surface area contributed by atoms with Crippen LogP contribution in [-0.2, 0) is 22.4 Å². The van der Waals surface area contributed by atoms with Crippen LogP contribution in [0.5, 0.6) is 0 Å². The maximum atomic E-state index is 12.1. The Morgan fingerprint density at radius 3 is 1.95 bits per heavy atom. The van der Waals surface area contributed by atoms with Gasteiger partial charge in [-0.25, -0.2) is 0 Å². The zero-order valence-corrected chi connectivity index (χ0v) is 12.2. The summed E-state index contributed by atoms with van der Waals surface area (Å²) >= 11 is 0. The molecule has 0 bridgehead atoms. The van der Waals surface area contributed by atoms with Gasteiger partial charge in [0.15, 0.2) is 0 Å². The molecule has 3 N–H and O–H groups in total. The van der Waals surface area contributed by atoms with Gasteiger partial charge in [0.2, 0.25) is 12.2 Å². The van der Waals surface area contributed by atoms with E-state index in [1.54, 1.807) is 0 Å². The number of hydrogen-bond donors (Lipinski definition) is 2. The normalized spacial score (nSPS) is 13.1. The first-order chi connectivity index (χ1) is 10.7. The second-order valence-electron chi connectivity index (χ2n) is 5.16. The van der Waals surface area contributed by atoms with E-state index in [9.17, 15) is 9.59 Å². The van der Waals surface area contributed by atoms with Crippen LogP contribution in [0.2, 0.25) is 0 Å². The van der Waals surface area contributed by atoms with Crippen molar-refractivity contribution in [2.24, 2.45) is 5.73 Å². The SMILES string of the molecule is N[C@H](Cc1ccccc1)C(=O)N[C@H]([C]=O)Cc1ccccc1. The van der Waals surface area contributed by atoms with Crippen molar-refractivity contribution in [1.82, 2.24) is 5.32 Å². The van der Waals surface area contributed by atoms with Crippen LogP contribution >= 0.6 is 0 Å². The molecule has 0 aromatic heterocycles. The van der Waals surface area contributed by atoms with Crippen LogP contribution < -0.4 is 11.1 Å². The van der Waals surface area contributed by atoms with Gasteiger partial charge in [0.25, 0.3) is 0 Å². The predicted octanol–water partition coefficient (Wildman–Crippen LogP) is 1.39. The average Bonchev–Trinajstić information content (AvgIpc) is 2.56. The van der Waals surface area contributed by atoms with E-state index in [0.29, 0.717) is 12.8 Å². The van der Waals surface area contributed by atoms with Gasteiger partial charge < -0.3 is 11.1 Å². The molecule has 0 saturated heterocycles. The summed E-state index contributed by atoms with van der Waals surface area (Å²) < 4.78 is 0. The smallest absolute Gasteiger partial charge is 0.237 e. The minimum absolute atomic E-state index is 0.340. The van der Waals surface area contributed by atoms with Crippen LogP contribution in [0.4, 0.5) is 0 Å². The minimum Gasteiger partial charge on any atom is -0.344 e. The lowest BCUT2D eigenvalue weighted by atomic mass is 10.0. The Kier molecular flexibility index (Phi) is 5.86. The Bertz CT molecular complexity index is 599. The summed E-state index contributed by atoms with van der Waals surface area (Å²) in [5.74, 6) is -0.340. The van der Waals surface area contributed by atoms with Crippen molar-refractivity contribution in [2.45, 2.75) is 24.9 Å². The number of amides is 1. The lowest BCUT2D eigenvalue weighted by molar-refractivity contribution is -0.122. The van der Waals surface area contributed by atoms with Crippen LogP contribution in [0.3, 0.4) is 0 Å². The highest BCUT2D eigenvalue weighted by molar-refractivity contribution is 5.84. The van der Waals surface area contributed by atoms with Crippen molar-refractivity contribution in [3.63, 3.8) is 0 Å². The average molecular weight is 295 g/mol. The first kappa shape index (κ1) is 15.9. The third-order valence-electron chi connectivity index (χ3n) is 3.38. The van der Waals surface area contributed by atoms with E-state index in [0.717, 1.165) is 11.1 Å². The molecule has 0 unspecified atom stereocenters. The van der Waals surface area contributed by atoms with Crippen LogP contribution in [0.1, 0.15) is 11.1 Å². The quantitative estimate of drug-likeness (QED) is 0.811. The Hall–Kier alpha value is -2.46. The Labute approximate surface area is 130 Å². The largest absolute Gasteiger partial charge is 0.344 e. The molecular formula is C18H19N2O2. The molecule has 1 radical (unpaired) electrons. The molecule has 0 aliphatic heterocycles. The fourth-order valence-electron chi connectivity index (χ4n) is 2.21. The molecule has 2 atom stereocenters. The van der Waals surface area contributed by atoms with Crippen molar-refractivity contribution < 1.29 is 9.59 Å². The molecule has 2 rings (SSSR count). The van der Waals surface area contributed by atoms with Gasteiger partial charge in [-0.1, -0.05) is 60.7 Å². The molecule has 0 spiro atoms. The highest BCUT2D eigenvalue weighted by Gasteiger charge is 2.18. The van der Waals surface area contributed by atoms with Gasteiger partial charge in [-0.3, -0.25) is 9.59 Å². The van der Waals surface area contributed by atoms with Crippen LogP contribution in [-0.4, -0.2) is 24.3 Å². The second kappa shape index (κ2) is 8.10. The number of carbonyl (C=O) groups is 1. The van der Waals surface area contributed by atoms with E-state index in [2.05, 4.69) is 5.32 Å². The standard InChI is InChI=1S/C18H19N2O2/c19-17(12-15-9-5-2-6-10-15)18(22)20-16(13-21)11-14-7-3-1-4-8-14/h1-10,16-17H,11-12,19H2,(H,20,22)/t16-,17+/m0/s1. The number of nitrogens with one attached hydrogen (secondary N) is 1. The fourth-order valence-corrected chi connectivity index (χ4v) is 2.21. The van der Waals surface area contributed by atoms with E-state index in [1.807, 2.05) is 66.9 Å². The third-order valence-corrected chi connectivity index (χ3v) is 3.38. The highest BCUT2D eigenvalue weighted by Crippen LogP contribution is 2.04. The summed E-state index contributed by atoms with van der Waals surface area (Å²) in [6, 6.07) is 17.7. The maximum Gasteiger partial charge on any atom is 0.237 e. The van der Waals surface area contributed by atoms with Crippen molar-refractivity contribution in [2.75, 3.05) is 0 Å². The maximum absolute atomic E-state index is 12.1. The molecule has 4 heteroatoms. The first-order valence-electron chi connectivity index (χ1n) is 7.20. The van der Waals surface area contributed by atoms with Crippen LogP contribution in [0.25, 0.3) is 0 Å². The zero-order chi connectivity index (χ0) is 15.8. The van der Waals surface area contributed by atoms with Crippen molar-refractivity contribution in [1.29, 1.82) is 0 Å². The molecule has 22 heavy (non-hydrogen) atoms. The summed E-state index contributed by atoms with van der Waals surface area (Å²) in [6.07, 6.45) is 2.71. The van der Waals surface area contributed by atoms with E-state index in [-0.39, 0.29) is 5.91 Å². The Balaban J connectivity index is 1.90. The van der Waals surface area contributed by atoms with Gasteiger partial charge >= 0.3 is 0 Å². The van der Waals surface area contributed by atoms with E-state index in [1.165, 1.54) is 0 Å². The Morgan fingerprint density at radius 1 is 0.955 bits per heavy atom. The monoisotopic (exact) mass is 295 g/mol. The predicted molar refractivity (Wildman–Crippen MR) is 85.9 cm³/mol. The van der Waals surface area contributed by atoms with E-state index in [4.69, 9.17) is 5.73 Å². The minimum atomic E-state index is -0.686. The van der Waals surface area contributed by atoms with Crippen LogP contribution in [0, 0.1) is 0 Å². The molecular weight excluding hydrogens is 276 g/mol. The lowest BCUT2D eigenvalue weighted by Crippen LogP contribution is -2.47. The number of hydrogen-bond acceptors (Lipinski definition) is 3. The molecule has 0 fully saturated rings. The summed E-state index contributed by atoms with van der Waals surface area (Å²) in [5, 5.41) is 2.65. The summed E-state index contributed by atoms with van der Waals surface area (Å²) in [5.41, 5.74) is 7.86. The van der Waals surface area contributed by atoms with Gasteiger partial charge in [-0.15, -0.1) is 0 Å². The highest BCUT2D eigenvalue weighted by atomic mass is 16.2. The summed E-state index contributed by atoms with van der Waals surface area (Å²) in [7, 11) is 0. The molecule has 0 saturated carbocycles. The zero-order valence-electron chi connectivity index (χ0n) is 12.2. The fraction of sp³-hybridized carbons (Fsp3) is 0.222. The number of carbonyl (C=O) groups excluding carboxylic acids is 2. The van der Waals surface area contributed by atoms with Crippen molar-refractivity contribution in [3.05, 3.63) is 71.8 Å². The van der Waals surface area contributed by atoms with Gasteiger partial charge in [0.1, 0.15) is 0 Å². The van der Waals surface area contributed by atoms with Crippen molar-refractivity contribution >= 4 is 12.2 Å². The van der Waals surface area contributed by atoms with Gasteiger partial charge in [0, 0.05) is 6.42 Å². The molecule has 2 aromatic rings. The lowest BCUT2D eigenvalue weighted by Gasteiger charge is -2.16. The molecule has 4 nitrogen and oxygen atoms in total. The van der Waals surface area contributed by atoms with Gasteiger partial charge in [0.05, 0.1) is 12.1 Å². The molecule has 113 valence electrons. The second-order valence-corrected chi connectivity index (χ2v) is 5.16. The summed E-state index contributed by atoms with van der Waals surface area (Å²) in [4.78, 5) is 23.1. The summed E-state index contributed by atoms with van der Waals surface area (Å²) in [6.45, 7) is 0.